The van der Waals surface area contributed by atoms with Gasteiger partial charge in [-0.15, -0.1) is 0 Å². The third-order valence-electron chi connectivity index (χ3n) is 2.56. The summed E-state index contributed by atoms with van der Waals surface area (Å²) in [5.41, 5.74) is 0. The number of rotatable bonds is 0. The van der Waals surface area contributed by atoms with Crippen molar-refractivity contribution < 1.29 is 15.3 Å². The SMILES string of the molecule is Oc1ccc2ccc(O)cc2c1.Oc1ccccc1. The van der Waals surface area contributed by atoms with Gasteiger partial charge in [0.2, 0.25) is 0 Å². The van der Waals surface area contributed by atoms with Gasteiger partial charge >= 0.3 is 0 Å². The number of fused-ring (bicyclic) bond motifs is 1. The first-order chi connectivity index (χ1) is 9.15. The number of hydrogen-bond acceptors (Lipinski definition) is 3. The standard InChI is InChI=1S/C10H8O2.C6H6O/c11-9-3-1-7-2-4-10(12)6-8(7)5-9;7-6-4-2-1-3-5-6/h1-6,11-12H;1-5,7H. The number of benzene rings is 3. The van der Waals surface area contributed by atoms with Crippen LogP contribution in [0.2, 0.25) is 0 Å². The Balaban J connectivity index is 0.000000163. The fourth-order valence-electron chi connectivity index (χ4n) is 1.65. The zero-order chi connectivity index (χ0) is 13.7. The zero-order valence-electron chi connectivity index (χ0n) is 10.2. The molecule has 0 aromatic heterocycles. The zero-order valence-corrected chi connectivity index (χ0v) is 10.2. The molecule has 3 nitrogen and oxygen atoms in total. The highest BCUT2D eigenvalue weighted by Gasteiger charge is 1.95. The van der Waals surface area contributed by atoms with Crippen molar-refractivity contribution in [3.63, 3.8) is 0 Å². The largest absolute Gasteiger partial charge is 0.508 e. The third-order valence-corrected chi connectivity index (χ3v) is 2.56. The van der Waals surface area contributed by atoms with Crippen molar-refractivity contribution in [2.45, 2.75) is 0 Å². The number of phenolic OH excluding ortho intramolecular Hbond substituents is 3. The van der Waals surface area contributed by atoms with E-state index in [2.05, 4.69) is 0 Å². The van der Waals surface area contributed by atoms with E-state index in [0.29, 0.717) is 5.75 Å². The molecule has 0 saturated carbocycles. The minimum Gasteiger partial charge on any atom is -0.508 e. The van der Waals surface area contributed by atoms with Crippen LogP contribution >= 0.6 is 0 Å². The Morgan fingerprint density at radius 3 is 1.42 bits per heavy atom. The molecule has 3 heteroatoms. The van der Waals surface area contributed by atoms with Crippen LogP contribution in [0, 0.1) is 0 Å². The topological polar surface area (TPSA) is 60.7 Å². The van der Waals surface area contributed by atoms with Crippen molar-refractivity contribution in [3.8, 4) is 17.2 Å². The summed E-state index contributed by atoms with van der Waals surface area (Å²) >= 11 is 0. The highest BCUT2D eigenvalue weighted by molar-refractivity contribution is 5.84. The maximum Gasteiger partial charge on any atom is 0.116 e. The van der Waals surface area contributed by atoms with E-state index in [1.165, 1.54) is 0 Å². The number of phenols is 3. The van der Waals surface area contributed by atoms with Gasteiger partial charge in [0.1, 0.15) is 17.2 Å². The molecular weight excluding hydrogens is 240 g/mol. The monoisotopic (exact) mass is 254 g/mol. The maximum atomic E-state index is 9.14. The normalized spacial score (nSPS) is 9.68. The second-order valence-electron chi connectivity index (χ2n) is 4.05. The smallest absolute Gasteiger partial charge is 0.116 e. The van der Waals surface area contributed by atoms with Crippen LogP contribution < -0.4 is 0 Å². The Hall–Kier alpha value is -2.68. The molecule has 0 amide bonds. The van der Waals surface area contributed by atoms with Crippen LogP contribution in [0.1, 0.15) is 0 Å². The lowest BCUT2D eigenvalue weighted by Crippen LogP contribution is -1.71. The predicted octanol–water partition coefficient (Wildman–Crippen LogP) is 3.64. The second-order valence-corrected chi connectivity index (χ2v) is 4.05. The molecular formula is C16H14O3. The molecule has 0 aliphatic rings. The van der Waals surface area contributed by atoms with Gasteiger partial charge in [0, 0.05) is 0 Å². The van der Waals surface area contributed by atoms with Crippen molar-refractivity contribution >= 4 is 10.8 Å². The van der Waals surface area contributed by atoms with Crippen molar-refractivity contribution in [2.75, 3.05) is 0 Å². The molecule has 0 heterocycles. The molecule has 0 fully saturated rings. The molecule has 0 bridgehead atoms. The van der Waals surface area contributed by atoms with Crippen molar-refractivity contribution in [3.05, 3.63) is 66.7 Å². The number of aromatic hydroxyl groups is 3. The molecule has 0 radical (unpaired) electrons. The minimum atomic E-state index is 0.216. The van der Waals surface area contributed by atoms with Gasteiger partial charge < -0.3 is 15.3 Å². The van der Waals surface area contributed by atoms with E-state index < -0.39 is 0 Å². The quantitative estimate of drug-likeness (QED) is 0.574. The van der Waals surface area contributed by atoms with Crippen LogP contribution in [-0.4, -0.2) is 15.3 Å². The van der Waals surface area contributed by atoms with E-state index in [4.69, 9.17) is 15.3 Å². The molecule has 0 spiro atoms. The van der Waals surface area contributed by atoms with Crippen molar-refractivity contribution in [1.82, 2.24) is 0 Å². The van der Waals surface area contributed by atoms with Crippen molar-refractivity contribution in [2.24, 2.45) is 0 Å². The van der Waals surface area contributed by atoms with Crippen molar-refractivity contribution in [1.29, 1.82) is 0 Å². The summed E-state index contributed by atoms with van der Waals surface area (Å²) in [5.74, 6) is 0.753. The Morgan fingerprint density at radius 2 is 1.00 bits per heavy atom. The first-order valence-corrected chi connectivity index (χ1v) is 5.81. The Labute approximate surface area is 111 Å². The molecule has 3 aromatic carbocycles. The Kier molecular flexibility index (Phi) is 3.88. The molecule has 19 heavy (non-hydrogen) atoms. The summed E-state index contributed by atoms with van der Waals surface area (Å²) in [6, 6.07) is 18.8. The first kappa shape index (κ1) is 12.8. The highest BCUT2D eigenvalue weighted by Crippen LogP contribution is 2.23. The predicted molar refractivity (Wildman–Crippen MR) is 75.4 cm³/mol. The average Bonchev–Trinajstić information content (AvgIpc) is 2.40. The van der Waals surface area contributed by atoms with Gasteiger partial charge in [0.05, 0.1) is 0 Å². The highest BCUT2D eigenvalue weighted by atomic mass is 16.3. The van der Waals surface area contributed by atoms with Gasteiger partial charge in [-0.25, -0.2) is 0 Å². The van der Waals surface area contributed by atoms with E-state index in [-0.39, 0.29) is 11.5 Å². The van der Waals surface area contributed by atoms with E-state index >= 15 is 0 Å². The lowest BCUT2D eigenvalue weighted by Gasteiger charge is -1.98. The van der Waals surface area contributed by atoms with E-state index in [1.807, 2.05) is 18.2 Å². The van der Waals surface area contributed by atoms with E-state index in [0.717, 1.165) is 10.8 Å². The maximum absolute atomic E-state index is 9.14. The molecule has 0 aliphatic carbocycles. The fourth-order valence-corrected chi connectivity index (χ4v) is 1.65. The fraction of sp³-hybridized carbons (Fsp3) is 0. The summed E-state index contributed by atoms with van der Waals surface area (Å²) in [5, 5.41) is 28.8. The summed E-state index contributed by atoms with van der Waals surface area (Å²) < 4.78 is 0. The van der Waals surface area contributed by atoms with Gasteiger partial charge in [-0.1, -0.05) is 30.3 Å². The third kappa shape index (κ3) is 3.64. The van der Waals surface area contributed by atoms with Crippen LogP contribution in [-0.2, 0) is 0 Å². The Morgan fingerprint density at radius 1 is 0.474 bits per heavy atom. The van der Waals surface area contributed by atoms with E-state index in [1.54, 1.807) is 48.5 Å². The summed E-state index contributed by atoms with van der Waals surface area (Å²) in [6.07, 6.45) is 0. The Bertz CT molecular complexity index is 626. The lowest BCUT2D eigenvalue weighted by atomic mass is 10.1. The molecule has 3 aromatic rings. The molecule has 3 rings (SSSR count). The summed E-state index contributed by atoms with van der Waals surface area (Å²) in [4.78, 5) is 0. The average molecular weight is 254 g/mol. The van der Waals surface area contributed by atoms with Crippen LogP contribution in [0.4, 0.5) is 0 Å². The molecule has 0 aliphatic heterocycles. The number of para-hydroxylation sites is 1. The summed E-state index contributed by atoms with van der Waals surface area (Å²) in [6.45, 7) is 0. The lowest BCUT2D eigenvalue weighted by molar-refractivity contribution is 0.474. The van der Waals surface area contributed by atoms with Gasteiger partial charge in [-0.3, -0.25) is 0 Å². The van der Waals surface area contributed by atoms with Crippen LogP contribution in [0.15, 0.2) is 66.7 Å². The van der Waals surface area contributed by atoms with Crippen LogP contribution in [0.25, 0.3) is 10.8 Å². The summed E-state index contributed by atoms with van der Waals surface area (Å²) in [7, 11) is 0. The van der Waals surface area contributed by atoms with Crippen LogP contribution in [0.3, 0.4) is 0 Å². The van der Waals surface area contributed by atoms with Crippen LogP contribution in [0.5, 0.6) is 17.2 Å². The molecule has 0 atom stereocenters. The molecule has 0 saturated heterocycles. The second kappa shape index (κ2) is 5.78. The molecule has 0 unspecified atom stereocenters. The molecule has 96 valence electrons. The minimum absolute atomic E-state index is 0.216. The first-order valence-electron chi connectivity index (χ1n) is 5.81. The van der Waals surface area contributed by atoms with Gasteiger partial charge in [-0.05, 0) is 47.2 Å². The van der Waals surface area contributed by atoms with E-state index in [9.17, 15) is 0 Å². The molecule has 3 N–H and O–H groups in total. The number of hydrogen-bond donors (Lipinski definition) is 3. The van der Waals surface area contributed by atoms with Gasteiger partial charge in [0.15, 0.2) is 0 Å². The van der Waals surface area contributed by atoms with Gasteiger partial charge in [-0.2, -0.15) is 0 Å². The van der Waals surface area contributed by atoms with Gasteiger partial charge in [0.25, 0.3) is 0 Å².